The molecule has 0 N–H and O–H groups in total. The lowest BCUT2D eigenvalue weighted by molar-refractivity contribution is -0.117. The van der Waals surface area contributed by atoms with Gasteiger partial charge in [-0.1, -0.05) is 0 Å². The van der Waals surface area contributed by atoms with Crippen LogP contribution in [0.25, 0.3) is 0 Å². The number of hydrogen-bond donors (Lipinski definition) is 0. The Morgan fingerprint density at radius 3 is 3.00 bits per heavy atom. The summed E-state index contributed by atoms with van der Waals surface area (Å²) in [6.07, 6.45) is 2.15. The van der Waals surface area contributed by atoms with Crippen molar-refractivity contribution in [1.82, 2.24) is 9.97 Å². The number of rotatable bonds is 2. The highest BCUT2D eigenvalue weighted by Gasteiger charge is 2.31. The minimum absolute atomic E-state index is 0.0485. The van der Waals surface area contributed by atoms with Crippen molar-refractivity contribution in [1.29, 1.82) is 0 Å². The number of aryl methyl sites for hydroxylation is 1. The second-order valence-corrected chi connectivity index (χ2v) is 5.00. The lowest BCUT2D eigenvalue weighted by atomic mass is 10.2. The van der Waals surface area contributed by atoms with E-state index in [0.717, 1.165) is 10.2 Å². The number of carbonyl (C=O) groups is 1. The molecule has 2 heterocycles. The zero-order valence-electron chi connectivity index (χ0n) is 8.78. The van der Waals surface area contributed by atoms with Crippen molar-refractivity contribution in [2.45, 2.75) is 13.3 Å². The van der Waals surface area contributed by atoms with E-state index in [1.54, 1.807) is 11.1 Å². The van der Waals surface area contributed by atoms with E-state index in [9.17, 15) is 4.79 Å². The van der Waals surface area contributed by atoms with Crippen LogP contribution in [-0.2, 0) is 4.79 Å². The molecule has 1 aliphatic rings. The average molecular weight is 305 g/mol. The summed E-state index contributed by atoms with van der Waals surface area (Å²) in [6, 6.07) is 0. The molecule has 1 amide bonds. The van der Waals surface area contributed by atoms with Gasteiger partial charge in [-0.3, -0.25) is 9.69 Å². The highest BCUT2D eigenvalue weighted by molar-refractivity contribution is 9.10. The lowest BCUT2D eigenvalue weighted by Gasteiger charge is -2.14. The molecule has 1 aromatic heterocycles. The van der Waals surface area contributed by atoms with Gasteiger partial charge in [-0.2, -0.15) is 0 Å². The Bertz CT molecular complexity index is 427. The zero-order chi connectivity index (χ0) is 11.7. The van der Waals surface area contributed by atoms with E-state index in [1.807, 2.05) is 6.92 Å². The van der Waals surface area contributed by atoms with Crippen LogP contribution in [0.5, 0.6) is 0 Å². The molecule has 0 aromatic carbocycles. The summed E-state index contributed by atoms with van der Waals surface area (Å²) < 4.78 is 0.844. The van der Waals surface area contributed by atoms with Crippen LogP contribution in [0.15, 0.2) is 10.7 Å². The monoisotopic (exact) mass is 303 g/mol. The van der Waals surface area contributed by atoms with Gasteiger partial charge >= 0.3 is 0 Å². The van der Waals surface area contributed by atoms with E-state index >= 15 is 0 Å². The van der Waals surface area contributed by atoms with Crippen LogP contribution in [0.3, 0.4) is 0 Å². The molecule has 6 heteroatoms. The highest BCUT2D eigenvalue weighted by Crippen LogP contribution is 2.24. The Balaban J connectivity index is 2.24. The molecule has 1 aromatic rings. The summed E-state index contributed by atoms with van der Waals surface area (Å²) in [5.74, 6) is 1.23. The number of alkyl halides is 1. The van der Waals surface area contributed by atoms with Gasteiger partial charge in [0, 0.05) is 25.0 Å². The molecular formula is C10H11BrClN3O. The van der Waals surface area contributed by atoms with Crippen LogP contribution in [-0.4, -0.2) is 28.3 Å². The molecule has 0 spiro atoms. The molecule has 1 aliphatic heterocycles. The van der Waals surface area contributed by atoms with Crippen molar-refractivity contribution in [3.63, 3.8) is 0 Å². The molecule has 4 nitrogen and oxygen atoms in total. The van der Waals surface area contributed by atoms with Gasteiger partial charge < -0.3 is 0 Å². The number of hydrogen-bond acceptors (Lipinski definition) is 3. The van der Waals surface area contributed by atoms with Crippen molar-refractivity contribution >= 4 is 39.4 Å². The Labute approximate surface area is 107 Å². The number of nitrogens with zero attached hydrogens (tertiary/aromatic N) is 3. The quantitative estimate of drug-likeness (QED) is 0.786. The second-order valence-electron chi connectivity index (χ2n) is 3.83. The molecule has 0 bridgehead atoms. The van der Waals surface area contributed by atoms with Gasteiger partial charge in [-0.05, 0) is 28.8 Å². The third-order valence-electron chi connectivity index (χ3n) is 2.57. The van der Waals surface area contributed by atoms with Crippen LogP contribution in [0, 0.1) is 12.8 Å². The maximum atomic E-state index is 11.7. The van der Waals surface area contributed by atoms with Crippen molar-refractivity contribution in [3.05, 3.63) is 16.4 Å². The van der Waals surface area contributed by atoms with Crippen molar-refractivity contribution < 1.29 is 4.79 Å². The van der Waals surface area contributed by atoms with Gasteiger partial charge in [-0.25, -0.2) is 9.97 Å². The molecule has 1 fully saturated rings. The molecule has 2 rings (SSSR count). The first kappa shape index (κ1) is 11.8. The van der Waals surface area contributed by atoms with E-state index in [0.29, 0.717) is 24.8 Å². The molecule has 1 atom stereocenters. The topological polar surface area (TPSA) is 46.1 Å². The number of carbonyl (C=O) groups excluding carboxylic acids is 1. The highest BCUT2D eigenvalue weighted by atomic mass is 79.9. The summed E-state index contributed by atoms with van der Waals surface area (Å²) in [4.78, 5) is 21.7. The SMILES string of the molecule is Cc1nc(N2CC(CCl)CC2=O)ncc1Br. The van der Waals surface area contributed by atoms with Crippen molar-refractivity contribution in [2.75, 3.05) is 17.3 Å². The molecule has 0 radical (unpaired) electrons. The molecule has 16 heavy (non-hydrogen) atoms. The maximum absolute atomic E-state index is 11.7. The van der Waals surface area contributed by atoms with E-state index < -0.39 is 0 Å². The van der Waals surface area contributed by atoms with Crippen LogP contribution in [0.4, 0.5) is 5.95 Å². The Hall–Kier alpha value is -0.680. The predicted octanol–water partition coefficient (Wildman–Crippen LogP) is 2.14. The van der Waals surface area contributed by atoms with Crippen LogP contribution >= 0.6 is 27.5 Å². The van der Waals surface area contributed by atoms with Crippen LogP contribution in [0.1, 0.15) is 12.1 Å². The van der Waals surface area contributed by atoms with Gasteiger partial charge in [0.25, 0.3) is 0 Å². The first-order valence-electron chi connectivity index (χ1n) is 4.97. The summed E-state index contributed by atoms with van der Waals surface area (Å²) >= 11 is 9.08. The minimum atomic E-state index is 0.0485. The van der Waals surface area contributed by atoms with Crippen LogP contribution < -0.4 is 4.90 Å². The molecule has 0 aliphatic carbocycles. The average Bonchev–Trinajstić information content (AvgIpc) is 2.64. The number of aromatic nitrogens is 2. The summed E-state index contributed by atoms with van der Waals surface area (Å²) in [7, 11) is 0. The van der Waals surface area contributed by atoms with E-state index in [1.165, 1.54) is 0 Å². The molecule has 86 valence electrons. The summed E-state index contributed by atoms with van der Waals surface area (Å²) in [5, 5.41) is 0. The van der Waals surface area contributed by atoms with Crippen molar-refractivity contribution in [3.8, 4) is 0 Å². The fourth-order valence-corrected chi connectivity index (χ4v) is 2.05. The minimum Gasteiger partial charge on any atom is -0.280 e. The maximum Gasteiger partial charge on any atom is 0.232 e. The number of amides is 1. The molecule has 1 unspecified atom stereocenters. The summed E-state index contributed by atoms with van der Waals surface area (Å²) in [5.41, 5.74) is 0.826. The van der Waals surface area contributed by atoms with Gasteiger partial charge in [0.2, 0.25) is 11.9 Å². The van der Waals surface area contributed by atoms with Gasteiger partial charge in [0.1, 0.15) is 0 Å². The van der Waals surface area contributed by atoms with Gasteiger partial charge in [0.05, 0.1) is 10.2 Å². The first-order valence-corrected chi connectivity index (χ1v) is 6.30. The third kappa shape index (κ3) is 2.20. The van der Waals surface area contributed by atoms with Crippen molar-refractivity contribution in [2.24, 2.45) is 5.92 Å². The Morgan fingerprint density at radius 2 is 2.44 bits per heavy atom. The summed E-state index contributed by atoms with van der Waals surface area (Å²) in [6.45, 7) is 2.48. The number of halogens is 2. The Morgan fingerprint density at radius 1 is 1.69 bits per heavy atom. The molecular weight excluding hydrogens is 293 g/mol. The zero-order valence-corrected chi connectivity index (χ0v) is 11.1. The normalized spacial score (nSPS) is 20.6. The largest absolute Gasteiger partial charge is 0.280 e. The van der Waals surface area contributed by atoms with Crippen LogP contribution in [0.2, 0.25) is 0 Å². The fourth-order valence-electron chi connectivity index (χ4n) is 1.65. The first-order chi connectivity index (χ1) is 7.61. The smallest absolute Gasteiger partial charge is 0.232 e. The second kappa shape index (κ2) is 4.67. The number of anilines is 1. The van der Waals surface area contributed by atoms with Gasteiger partial charge in [0.15, 0.2) is 0 Å². The third-order valence-corrected chi connectivity index (χ3v) is 3.79. The fraction of sp³-hybridized carbons (Fsp3) is 0.500. The van der Waals surface area contributed by atoms with E-state index in [-0.39, 0.29) is 11.8 Å². The predicted molar refractivity (Wildman–Crippen MR) is 65.6 cm³/mol. The van der Waals surface area contributed by atoms with E-state index in [4.69, 9.17) is 11.6 Å². The molecule has 0 saturated carbocycles. The van der Waals surface area contributed by atoms with Gasteiger partial charge in [-0.15, -0.1) is 11.6 Å². The van der Waals surface area contributed by atoms with E-state index in [2.05, 4.69) is 25.9 Å². The standard InChI is InChI=1S/C10H11BrClN3O/c1-6-8(11)4-13-10(14-6)15-5-7(3-12)2-9(15)16/h4,7H,2-3,5H2,1H3. The Kier molecular flexibility index (Phi) is 3.44. The molecule has 1 saturated heterocycles. The lowest BCUT2D eigenvalue weighted by Crippen LogP contribution is -2.27.